The average Bonchev–Trinajstić information content (AvgIpc) is 2.43. The minimum Gasteiger partial charge on any atom is -0.0637 e. The topological polar surface area (TPSA) is 0 Å². The predicted octanol–water partition coefficient (Wildman–Crippen LogP) is 4.22. The summed E-state index contributed by atoms with van der Waals surface area (Å²) in [5, 5.41) is 4.85. The van der Waals surface area contributed by atoms with Crippen LogP contribution in [0.25, 0.3) is 21.5 Å². The lowest BCUT2D eigenvalue weighted by molar-refractivity contribution is 1.45. The molecule has 2 radical (unpaired) electrons. The first kappa shape index (κ1) is 11.1. The summed E-state index contributed by atoms with van der Waals surface area (Å²) >= 11 is 0. The summed E-state index contributed by atoms with van der Waals surface area (Å²) in [6.45, 7) is 0. The first-order valence-electron chi connectivity index (χ1n) is 6.14. The molecule has 4 bridgehead atoms. The molecule has 3 aromatic carbocycles. The number of fused-ring (bicyclic) bond motifs is 4. The van der Waals surface area contributed by atoms with Gasteiger partial charge in [-0.25, -0.2) is 0 Å². The highest BCUT2D eigenvalue weighted by Crippen LogP contribution is 2.16. The fraction of sp³-hybridized carbons (Fsp3) is 0.0588. The third kappa shape index (κ3) is 2.17. The van der Waals surface area contributed by atoms with Crippen molar-refractivity contribution in [1.29, 1.82) is 0 Å². The van der Waals surface area contributed by atoms with Crippen molar-refractivity contribution in [1.82, 2.24) is 0 Å². The number of hydrogen-bond acceptors (Lipinski definition) is 0. The van der Waals surface area contributed by atoms with E-state index in [1.165, 1.54) is 27.1 Å². The molecule has 18 heavy (non-hydrogen) atoms. The van der Waals surface area contributed by atoms with Gasteiger partial charge >= 0.3 is 0 Å². The van der Waals surface area contributed by atoms with E-state index in [-0.39, 0.29) is 0 Å². The molecule has 0 spiro atoms. The van der Waals surface area contributed by atoms with Gasteiger partial charge in [-0.15, -0.1) is 0 Å². The zero-order valence-corrected chi connectivity index (χ0v) is 10.1. The van der Waals surface area contributed by atoms with Crippen LogP contribution >= 0.6 is 0 Å². The second-order valence-electron chi connectivity index (χ2n) is 4.50. The zero-order valence-electron chi connectivity index (χ0n) is 10.1. The molecule has 0 aliphatic rings. The predicted molar refractivity (Wildman–Crippen MR) is 79.7 cm³/mol. The Balaban J connectivity index is 2.41. The average molecular weight is 228 g/mol. The minimum absolute atomic E-state index is 0.573. The molecule has 0 nitrogen and oxygen atoms in total. The van der Waals surface area contributed by atoms with E-state index in [0.29, 0.717) is 6.32 Å². The molecule has 84 valence electrons. The first-order valence-corrected chi connectivity index (χ1v) is 6.14. The molecule has 0 atom stereocenters. The van der Waals surface area contributed by atoms with Gasteiger partial charge in [0.2, 0.25) is 0 Å². The van der Waals surface area contributed by atoms with Gasteiger partial charge in [-0.05, 0) is 39.2 Å². The Kier molecular flexibility index (Phi) is 2.89. The minimum atomic E-state index is 0.573. The summed E-state index contributed by atoms with van der Waals surface area (Å²) in [5.74, 6) is 0. The standard InChI is InChI=1S/C17H13B/c18-12-17-9-7-15-5-4-13-2-1-3-14(10-13)6-8-16(17)11-15/h1-11H,12H2. The van der Waals surface area contributed by atoms with Crippen LogP contribution in [0, 0.1) is 0 Å². The van der Waals surface area contributed by atoms with Crippen molar-refractivity contribution in [3.63, 3.8) is 0 Å². The third-order valence-corrected chi connectivity index (χ3v) is 3.22. The Morgan fingerprint density at radius 3 is 2.00 bits per heavy atom. The van der Waals surface area contributed by atoms with Gasteiger partial charge < -0.3 is 0 Å². The number of hydrogen-bond donors (Lipinski definition) is 0. The second kappa shape index (κ2) is 4.69. The fourth-order valence-corrected chi connectivity index (χ4v) is 2.20. The summed E-state index contributed by atoms with van der Waals surface area (Å²) in [6, 6.07) is 23.5. The molecule has 0 saturated heterocycles. The SMILES string of the molecule is [B]Cc1ccc2ccc3cccc(ccc1c2)c3. The molecule has 0 aliphatic carbocycles. The number of rotatable bonds is 1. The van der Waals surface area contributed by atoms with Crippen LogP contribution in [0.2, 0.25) is 0 Å². The highest BCUT2D eigenvalue weighted by Gasteiger charge is 1.93. The van der Waals surface area contributed by atoms with Crippen molar-refractivity contribution < 1.29 is 0 Å². The van der Waals surface area contributed by atoms with E-state index in [0.717, 1.165) is 0 Å². The molecule has 0 aromatic heterocycles. The summed E-state index contributed by atoms with van der Waals surface area (Å²) < 4.78 is 0. The molecule has 0 N–H and O–H groups in total. The van der Waals surface area contributed by atoms with Crippen molar-refractivity contribution in [2.45, 2.75) is 6.32 Å². The summed E-state index contributed by atoms with van der Waals surface area (Å²) in [7, 11) is 5.77. The second-order valence-corrected chi connectivity index (χ2v) is 4.50. The van der Waals surface area contributed by atoms with Gasteiger partial charge in [0.25, 0.3) is 0 Å². The largest absolute Gasteiger partial charge is 0.0716 e. The monoisotopic (exact) mass is 228 g/mol. The van der Waals surface area contributed by atoms with Crippen molar-refractivity contribution >= 4 is 29.4 Å². The van der Waals surface area contributed by atoms with E-state index >= 15 is 0 Å². The van der Waals surface area contributed by atoms with E-state index in [1.54, 1.807) is 0 Å². The zero-order chi connectivity index (χ0) is 12.4. The maximum Gasteiger partial charge on any atom is 0.0716 e. The molecule has 0 heterocycles. The van der Waals surface area contributed by atoms with Crippen LogP contribution in [0.5, 0.6) is 0 Å². The van der Waals surface area contributed by atoms with E-state index < -0.39 is 0 Å². The quantitative estimate of drug-likeness (QED) is 0.547. The van der Waals surface area contributed by atoms with Crippen molar-refractivity contribution in [2.75, 3.05) is 0 Å². The van der Waals surface area contributed by atoms with Crippen molar-refractivity contribution in [2.24, 2.45) is 0 Å². The Hall–Kier alpha value is -2.02. The molecule has 0 saturated carbocycles. The highest BCUT2D eigenvalue weighted by atomic mass is 14.0. The van der Waals surface area contributed by atoms with Crippen LogP contribution in [0.4, 0.5) is 0 Å². The maximum atomic E-state index is 5.77. The van der Waals surface area contributed by atoms with Gasteiger partial charge in [0.15, 0.2) is 0 Å². The Morgan fingerprint density at radius 1 is 0.667 bits per heavy atom. The Bertz CT molecular complexity index is 729. The molecular formula is C17H13B. The van der Waals surface area contributed by atoms with E-state index in [4.69, 9.17) is 7.85 Å². The van der Waals surface area contributed by atoms with Crippen molar-refractivity contribution in [3.05, 3.63) is 72.3 Å². The number of benzene rings is 2. The lowest BCUT2D eigenvalue weighted by Gasteiger charge is -2.00. The van der Waals surface area contributed by atoms with Crippen LogP contribution in [-0.2, 0) is 6.32 Å². The molecule has 1 heteroatoms. The van der Waals surface area contributed by atoms with Gasteiger partial charge in [-0.3, -0.25) is 0 Å². The summed E-state index contributed by atoms with van der Waals surface area (Å²) in [6.07, 6.45) is 0.573. The van der Waals surface area contributed by atoms with Gasteiger partial charge in [0, 0.05) is 0 Å². The van der Waals surface area contributed by atoms with Crippen molar-refractivity contribution in [3.8, 4) is 0 Å². The fourth-order valence-electron chi connectivity index (χ4n) is 2.20. The molecule has 3 rings (SSSR count). The van der Waals surface area contributed by atoms with Gasteiger partial charge in [-0.1, -0.05) is 60.9 Å². The molecule has 0 aliphatic heterocycles. The summed E-state index contributed by atoms with van der Waals surface area (Å²) in [4.78, 5) is 0. The van der Waals surface area contributed by atoms with Crippen LogP contribution in [0.3, 0.4) is 0 Å². The van der Waals surface area contributed by atoms with Gasteiger partial charge in [-0.2, -0.15) is 0 Å². The molecule has 0 unspecified atom stereocenters. The Labute approximate surface area is 108 Å². The van der Waals surface area contributed by atoms with Crippen LogP contribution in [0.1, 0.15) is 5.56 Å². The van der Waals surface area contributed by atoms with Gasteiger partial charge in [0.1, 0.15) is 0 Å². The van der Waals surface area contributed by atoms with Crippen LogP contribution in [0.15, 0.2) is 66.7 Å². The highest BCUT2D eigenvalue weighted by molar-refractivity contribution is 6.09. The van der Waals surface area contributed by atoms with E-state index in [1.807, 2.05) is 0 Å². The third-order valence-electron chi connectivity index (χ3n) is 3.22. The van der Waals surface area contributed by atoms with E-state index in [2.05, 4.69) is 66.7 Å². The van der Waals surface area contributed by atoms with E-state index in [9.17, 15) is 0 Å². The van der Waals surface area contributed by atoms with Crippen LogP contribution in [-0.4, -0.2) is 7.85 Å². The normalized spacial score (nSPS) is 10.7. The molecule has 3 aromatic rings. The smallest absolute Gasteiger partial charge is 0.0637 e. The maximum absolute atomic E-state index is 5.77. The van der Waals surface area contributed by atoms with Gasteiger partial charge in [0.05, 0.1) is 7.85 Å². The summed E-state index contributed by atoms with van der Waals surface area (Å²) in [5.41, 5.74) is 1.18. The Morgan fingerprint density at radius 2 is 1.28 bits per heavy atom. The molecule has 0 fully saturated rings. The lowest BCUT2D eigenvalue weighted by atomic mass is 9.93. The molecular weight excluding hydrogens is 215 g/mol. The first-order chi connectivity index (χ1) is 8.85. The van der Waals surface area contributed by atoms with Crippen LogP contribution < -0.4 is 0 Å². The molecule has 0 amide bonds. The lowest BCUT2D eigenvalue weighted by Crippen LogP contribution is -1.83.